The lowest BCUT2D eigenvalue weighted by atomic mass is 9.88. The van der Waals surface area contributed by atoms with Gasteiger partial charge in [-0.1, -0.05) is 18.2 Å². The summed E-state index contributed by atoms with van der Waals surface area (Å²) in [6.07, 6.45) is 14.7. The van der Waals surface area contributed by atoms with Gasteiger partial charge in [-0.2, -0.15) is 0 Å². The maximum atomic E-state index is 9.32. The van der Waals surface area contributed by atoms with Crippen LogP contribution < -0.4 is 4.90 Å². The van der Waals surface area contributed by atoms with Gasteiger partial charge < -0.3 is 9.64 Å². The van der Waals surface area contributed by atoms with Crippen molar-refractivity contribution in [3.05, 3.63) is 70.4 Å². The van der Waals surface area contributed by atoms with Crippen molar-refractivity contribution < 1.29 is 4.74 Å². The predicted octanol–water partition coefficient (Wildman–Crippen LogP) is 6.00. The molecule has 1 aromatic rings. The summed E-state index contributed by atoms with van der Waals surface area (Å²) in [6.45, 7) is 9.61. The van der Waals surface area contributed by atoms with Gasteiger partial charge in [-0.25, -0.2) is 10.1 Å². The average molecular weight is 386 g/mol. The highest BCUT2D eigenvalue weighted by Crippen LogP contribution is 2.44. The van der Waals surface area contributed by atoms with Crippen molar-refractivity contribution in [2.24, 2.45) is 0 Å². The predicted molar refractivity (Wildman–Crippen MR) is 116 cm³/mol. The van der Waals surface area contributed by atoms with Crippen LogP contribution in [0.5, 0.6) is 0 Å². The number of hydrogen-bond acceptors (Lipinski definition) is 3. The lowest BCUT2D eigenvalue weighted by molar-refractivity contribution is 0.00776. The largest absolute Gasteiger partial charge is 0.487 e. The first-order valence-corrected chi connectivity index (χ1v) is 10.7. The third-order valence-electron chi connectivity index (χ3n) is 6.25. The third-order valence-corrected chi connectivity index (χ3v) is 6.25. The zero-order valence-corrected chi connectivity index (χ0v) is 16.9. The van der Waals surface area contributed by atoms with Gasteiger partial charge in [0.25, 0.3) is 5.70 Å². The van der Waals surface area contributed by atoms with Gasteiger partial charge in [-0.15, -0.1) is 0 Å². The number of rotatable bonds is 3. The first-order chi connectivity index (χ1) is 14.2. The van der Waals surface area contributed by atoms with E-state index in [2.05, 4.69) is 46.2 Å². The Hall–Kier alpha value is -2.98. The van der Waals surface area contributed by atoms with Crippen LogP contribution in [0.1, 0.15) is 56.9 Å². The molecule has 29 heavy (non-hydrogen) atoms. The first kappa shape index (κ1) is 19.3. The van der Waals surface area contributed by atoms with E-state index in [-0.39, 0.29) is 11.3 Å². The van der Waals surface area contributed by atoms with Gasteiger partial charge in [0.05, 0.1) is 12.6 Å². The minimum atomic E-state index is -0.241. The minimum Gasteiger partial charge on any atom is -0.487 e. The van der Waals surface area contributed by atoms with E-state index in [0.717, 1.165) is 55.7 Å². The molecule has 0 bridgehead atoms. The zero-order chi connectivity index (χ0) is 20.1. The summed E-state index contributed by atoms with van der Waals surface area (Å²) in [6, 6.07) is 10.7. The van der Waals surface area contributed by atoms with Crippen LogP contribution in [-0.2, 0) is 4.74 Å². The van der Waals surface area contributed by atoms with E-state index in [4.69, 9.17) is 11.3 Å². The van der Waals surface area contributed by atoms with Crippen LogP contribution in [0.3, 0.4) is 0 Å². The molecule has 3 aliphatic rings. The Morgan fingerprint density at radius 2 is 1.79 bits per heavy atom. The molecule has 0 atom stereocenters. The van der Waals surface area contributed by atoms with Crippen LogP contribution in [0.15, 0.2) is 53.4 Å². The van der Waals surface area contributed by atoms with Crippen molar-refractivity contribution in [1.29, 1.82) is 5.26 Å². The Morgan fingerprint density at radius 3 is 2.45 bits per heavy atom. The SMILES string of the molecule is [C-]#[N+]C(C#N)=C1C=C(C=Cc2ccc(N3CCCCC3)cc2)OC2(CCCC2)C1. The number of allylic oxidation sites excluding steroid dienone is 3. The number of piperidine rings is 1. The number of anilines is 1. The number of ether oxygens (including phenoxy) is 1. The van der Waals surface area contributed by atoms with Gasteiger partial charge in [0, 0.05) is 25.2 Å². The molecule has 1 spiro atoms. The smallest absolute Gasteiger partial charge is 0.265 e. The first-order valence-electron chi connectivity index (χ1n) is 10.7. The fourth-order valence-corrected chi connectivity index (χ4v) is 4.71. The van der Waals surface area contributed by atoms with E-state index in [1.54, 1.807) is 0 Å². The molecule has 4 heteroatoms. The van der Waals surface area contributed by atoms with Crippen LogP contribution in [-0.4, -0.2) is 18.7 Å². The summed E-state index contributed by atoms with van der Waals surface area (Å²) >= 11 is 0. The average Bonchev–Trinajstić information content (AvgIpc) is 3.21. The molecule has 0 radical (unpaired) electrons. The molecule has 2 heterocycles. The second kappa shape index (κ2) is 8.58. The highest BCUT2D eigenvalue weighted by molar-refractivity contribution is 5.58. The quantitative estimate of drug-likeness (QED) is 0.473. The van der Waals surface area contributed by atoms with Crippen LogP contribution in [0.4, 0.5) is 5.69 Å². The van der Waals surface area contributed by atoms with Gasteiger partial charge in [0.15, 0.2) is 0 Å². The fraction of sp³-hybridized carbons (Fsp3) is 0.440. The molecule has 0 aromatic heterocycles. The Kier molecular flexibility index (Phi) is 5.72. The molecule has 4 nitrogen and oxygen atoms in total. The van der Waals surface area contributed by atoms with Crippen LogP contribution in [0, 0.1) is 17.9 Å². The second-order valence-corrected chi connectivity index (χ2v) is 8.29. The number of nitrogens with zero attached hydrogens (tertiary/aromatic N) is 3. The van der Waals surface area contributed by atoms with E-state index >= 15 is 0 Å². The Balaban J connectivity index is 1.54. The fourth-order valence-electron chi connectivity index (χ4n) is 4.71. The summed E-state index contributed by atoms with van der Waals surface area (Å²) in [5.74, 6) is 0.754. The molecule has 0 N–H and O–H groups in total. The summed E-state index contributed by atoms with van der Waals surface area (Å²) in [5, 5.41) is 9.32. The van der Waals surface area contributed by atoms with Gasteiger partial charge in [0.1, 0.15) is 11.4 Å². The molecule has 1 saturated carbocycles. The van der Waals surface area contributed by atoms with E-state index < -0.39 is 0 Å². The Bertz CT molecular complexity index is 896. The van der Waals surface area contributed by atoms with Crippen molar-refractivity contribution in [2.75, 3.05) is 18.0 Å². The highest BCUT2D eigenvalue weighted by atomic mass is 16.5. The van der Waals surface area contributed by atoms with Crippen molar-refractivity contribution >= 4 is 11.8 Å². The second-order valence-electron chi connectivity index (χ2n) is 8.29. The third kappa shape index (κ3) is 4.38. The van der Waals surface area contributed by atoms with E-state index in [0.29, 0.717) is 6.42 Å². The minimum absolute atomic E-state index is 0.191. The monoisotopic (exact) mass is 385 g/mol. The number of hydrogen-bond donors (Lipinski definition) is 0. The molecule has 1 saturated heterocycles. The van der Waals surface area contributed by atoms with Crippen molar-refractivity contribution in [2.45, 2.75) is 57.0 Å². The topological polar surface area (TPSA) is 40.6 Å². The number of benzene rings is 1. The normalized spacial score (nSPS) is 22.7. The maximum Gasteiger partial charge on any atom is 0.265 e. The van der Waals surface area contributed by atoms with Crippen LogP contribution >= 0.6 is 0 Å². The molecule has 4 rings (SSSR count). The Labute approximate surface area is 173 Å². The van der Waals surface area contributed by atoms with Crippen molar-refractivity contribution in [3.8, 4) is 6.07 Å². The molecule has 2 fully saturated rings. The summed E-state index contributed by atoms with van der Waals surface area (Å²) in [7, 11) is 0. The molecule has 148 valence electrons. The van der Waals surface area contributed by atoms with E-state index in [1.807, 2.05) is 12.2 Å². The van der Waals surface area contributed by atoms with Crippen LogP contribution in [0.25, 0.3) is 10.9 Å². The van der Waals surface area contributed by atoms with Crippen LogP contribution in [0.2, 0.25) is 0 Å². The summed E-state index contributed by atoms with van der Waals surface area (Å²) in [4.78, 5) is 5.89. The molecular formula is C25H27N3O. The lowest BCUT2D eigenvalue weighted by Gasteiger charge is -2.35. The molecule has 1 aromatic carbocycles. The van der Waals surface area contributed by atoms with Crippen molar-refractivity contribution in [1.82, 2.24) is 0 Å². The van der Waals surface area contributed by atoms with E-state index in [9.17, 15) is 5.26 Å². The Morgan fingerprint density at radius 1 is 1.07 bits per heavy atom. The van der Waals surface area contributed by atoms with E-state index in [1.165, 1.54) is 24.9 Å². The number of nitriles is 1. The molecule has 1 aliphatic carbocycles. The van der Waals surface area contributed by atoms with Gasteiger partial charge in [-0.05, 0) is 80.4 Å². The molecular weight excluding hydrogens is 358 g/mol. The zero-order valence-electron chi connectivity index (χ0n) is 16.9. The molecule has 2 aliphatic heterocycles. The van der Waals surface area contributed by atoms with Gasteiger partial charge in [-0.3, -0.25) is 0 Å². The summed E-state index contributed by atoms with van der Waals surface area (Å²) < 4.78 is 6.36. The van der Waals surface area contributed by atoms with Gasteiger partial charge in [0.2, 0.25) is 0 Å². The standard InChI is InChI=1S/C25H27N3O/c1-27-24(19-26)21-17-23(29-25(18-21)13-3-4-14-25)12-9-20-7-10-22(11-8-20)28-15-5-2-6-16-28/h7-12,17H,2-6,13-16,18H2. The summed E-state index contributed by atoms with van der Waals surface area (Å²) in [5.41, 5.74) is 3.18. The maximum absolute atomic E-state index is 9.32. The van der Waals surface area contributed by atoms with Gasteiger partial charge >= 0.3 is 0 Å². The highest BCUT2D eigenvalue weighted by Gasteiger charge is 2.39. The molecule has 0 unspecified atom stereocenters. The lowest BCUT2D eigenvalue weighted by Crippen LogP contribution is -2.31. The van der Waals surface area contributed by atoms with Crippen molar-refractivity contribution in [3.63, 3.8) is 0 Å². The molecule has 0 amide bonds.